The van der Waals surface area contributed by atoms with Crippen molar-refractivity contribution in [1.82, 2.24) is 0 Å². The molecule has 0 bridgehead atoms. The van der Waals surface area contributed by atoms with Crippen LogP contribution in [0.15, 0.2) is 48.1 Å². The first-order valence-corrected chi connectivity index (χ1v) is 3.85. The third-order valence-corrected chi connectivity index (χ3v) is 1.58. The van der Waals surface area contributed by atoms with Gasteiger partial charge in [0.2, 0.25) is 0 Å². The molecule has 0 amide bonds. The van der Waals surface area contributed by atoms with E-state index in [1.807, 2.05) is 32.1 Å². The third kappa shape index (κ3) is 3.61. The Hall–Kier alpha value is -1.04. The van der Waals surface area contributed by atoms with E-state index in [1.54, 1.807) is 0 Å². The molecule has 0 aromatic heterocycles. The van der Waals surface area contributed by atoms with Crippen molar-refractivity contribution in [3.05, 3.63) is 48.1 Å². The number of rotatable bonds is 3. The van der Waals surface area contributed by atoms with Crippen molar-refractivity contribution in [2.24, 2.45) is 0 Å². The van der Waals surface area contributed by atoms with E-state index in [1.165, 1.54) is 11.1 Å². The minimum atomic E-state index is 1.19. The minimum Gasteiger partial charge on any atom is -0.0985 e. The van der Waals surface area contributed by atoms with E-state index < -0.39 is 0 Å². The fourth-order valence-electron chi connectivity index (χ4n) is 0.727. The summed E-state index contributed by atoms with van der Waals surface area (Å²) in [5, 5.41) is 0. The highest BCUT2D eigenvalue weighted by Crippen LogP contribution is 2.09. The number of hydrogen-bond donors (Lipinski definition) is 0. The van der Waals surface area contributed by atoms with Crippen LogP contribution in [-0.4, -0.2) is 0 Å². The fraction of sp³-hybridized carbons (Fsp3) is 0.273. The molecule has 0 aliphatic heterocycles. The zero-order valence-corrected chi connectivity index (χ0v) is 7.59. The van der Waals surface area contributed by atoms with E-state index in [9.17, 15) is 0 Å². The van der Waals surface area contributed by atoms with Crippen molar-refractivity contribution < 1.29 is 0 Å². The van der Waals surface area contributed by atoms with Gasteiger partial charge in [-0.25, -0.2) is 0 Å². The van der Waals surface area contributed by atoms with Gasteiger partial charge in [0.1, 0.15) is 0 Å². The first-order chi connectivity index (χ1) is 5.26. The summed E-state index contributed by atoms with van der Waals surface area (Å²) in [5.41, 5.74) is 2.45. The lowest BCUT2D eigenvalue weighted by molar-refractivity contribution is 1.40. The van der Waals surface area contributed by atoms with E-state index >= 15 is 0 Å². The third-order valence-electron chi connectivity index (χ3n) is 1.58. The maximum absolute atomic E-state index is 3.74. The molecule has 0 unspecified atom stereocenters. The van der Waals surface area contributed by atoms with Gasteiger partial charge < -0.3 is 0 Å². The average Bonchev–Trinajstić information content (AvgIpc) is 2.05. The summed E-state index contributed by atoms with van der Waals surface area (Å²) in [6.07, 6.45) is 10.0. The van der Waals surface area contributed by atoms with Gasteiger partial charge in [-0.2, -0.15) is 0 Å². The molecular weight excluding hydrogens is 132 g/mol. The van der Waals surface area contributed by atoms with E-state index in [2.05, 4.69) is 25.7 Å². The quantitative estimate of drug-likeness (QED) is 0.536. The van der Waals surface area contributed by atoms with Gasteiger partial charge in [-0.05, 0) is 31.9 Å². The average molecular weight is 148 g/mol. The molecule has 0 heterocycles. The summed E-state index contributed by atoms with van der Waals surface area (Å²) in [7, 11) is 0. The van der Waals surface area contributed by atoms with E-state index in [-0.39, 0.29) is 0 Å². The van der Waals surface area contributed by atoms with Gasteiger partial charge in [0.05, 0.1) is 0 Å². The molecule has 60 valence electrons. The molecule has 0 saturated heterocycles. The molecule has 0 heteroatoms. The zero-order valence-electron chi connectivity index (χ0n) is 7.59. The van der Waals surface area contributed by atoms with Crippen LogP contribution < -0.4 is 0 Å². The highest BCUT2D eigenvalue weighted by Gasteiger charge is 1.89. The van der Waals surface area contributed by atoms with Crippen LogP contribution in [0.1, 0.15) is 20.8 Å². The molecule has 0 saturated carbocycles. The van der Waals surface area contributed by atoms with Crippen molar-refractivity contribution in [2.45, 2.75) is 20.8 Å². The zero-order chi connectivity index (χ0) is 8.69. The minimum absolute atomic E-state index is 1.19. The van der Waals surface area contributed by atoms with Crippen LogP contribution in [0.2, 0.25) is 0 Å². The molecule has 0 nitrogen and oxygen atoms in total. The predicted molar refractivity (Wildman–Crippen MR) is 52.5 cm³/mol. The highest BCUT2D eigenvalue weighted by molar-refractivity contribution is 5.39. The van der Waals surface area contributed by atoms with Gasteiger partial charge in [-0.1, -0.05) is 37.0 Å². The highest BCUT2D eigenvalue weighted by atomic mass is 13.9. The Balaban J connectivity index is 4.52. The SMILES string of the molecule is C=CC(=C\C=C/C)/C(C)=C\C. The van der Waals surface area contributed by atoms with Gasteiger partial charge in [-0.3, -0.25) is 0 Å². The van der Waals surface area contributed by atoms with Gasteiger partial charge in [-0.15, -0.1) is 0 Å². The lowest BCUT2D eigenvalue weighted by Gasteiger charge is -1.98. The van der Waals surface area contributed by atoms with Crippen molar-refractivity contribution in [1.29, 1.82) is 0 Å². The molecule has 0 aliphatic rings. The molecule has 0 atom stereocenters. The van der Waals surface area contributed by atoms with Crippen molar-refractivity contribution in [3.63, 3.8) is 0 Å². The smallest absolute Gasteiger partial charge is 0.0237 e. The molecule has 0 N–H and O–H groups in total. The van der Waals surface area contributed by atoms with Crippen LogP contribution in [0.3, 0.4) is 0 Å². The predicted octanol–water partition coefficient (Wildman–Crippen LogP) is 3.64. The van der Waals surface area contributed by atoms with Gasteiger partial charge >= 0.3 is 0 Å². The first-order valence-electron chi connectivity index (χ1n) is 3.85. The number of hydrogen-bond acceptors (Lipinski definition) is 0. The Morgan fingerprint density at radius 3 is 2.27 bits per heavy atom. The Morgan fingerprint density at radius 1 is 1.27 bits per heavy atom. The molecule has 0 aromatic rings. The van der Waals surface area contributed by atoms with E-state index in [4.69, 9.17) is 0 Å². The number of allylic oxidation sites excluding steroid dienone is 7. The fourth-order valence-corrected chi connectivity index (χ4v) is 0.727. The van der Waals surface area contributed by atoms with E-state index in [0.29, 0.717) is 0 Å². The van der Waals surface area contributed by atoms with Gasteiger partial charge in [0, 0.05) is 0 Å². The van der Waals surface area contributed by atoms with Gasteiger partial charge in [0.15, 0.2) is 0 Å². The monoisotopic (exact) mass is 148 g/mol. The molecule has 0 rings (SSSR count). The largest absolute Gasteiger partial charge is 0.0985 e. The van der Waals surface area contributed by atoms with Crippen molar-refractivity contribution in [3.8, 4) is 0 Å². The summed E-state index contributed by atoms with van der Waals surface area (Å²) in [5.74, 6) is 0. The second kappa shape index (κ2) is 5.72. The van der Waals surface area contributed by atoms with Crippen molar-refractivity contribution in [2.75, 3.05) is 0 Å². The molecular formula is C11H16. The Labute approximate surface area is 69.6 Å². The van der Waals surface area contributed by atoms with Crippen LogP contribution in [0, 0.1) is 0 Å². The van der Waals surface area contributed by atoms with Crippen LogP contribution in [-0.2, 0) is 0 Å². The van der Waals surface area contributed by atoms with Crippen LogP contribution >= 0.6 is 0 Å². The summed E-state index contributed by atoms with van der Waals surface area (Å²) >= 11 is 0. The summed E-state index contributed by atoms with van der Waals surface area (Å²) in [4.78, 5) is 0. The van der Waals surface area contributed by atoms with Gasteiger partial charge in [0.25, 0.3) is 0 Å². The van der Waals surface area contributed by atoms with Crippen molar-refractivity contribution >= 4 is 0 Å². The maximum Gasteiger partial charge on any atom is -0.0237 e. The summed E-state index contributed by atoms with van der Waals surface area (Å²) < 4.78 is 0. The molecule has 0 fully saturated rings. The normalized spacial score (nSPS) is 14.1. The standard InChI is InChI=1S/C11H16/c1-5-8-9-11(7-3)10(4)6-2/h5-9H,3H2,1-2,4H3/b8-5-,10-6-,11-9+. The van der Waals surface area contributed by atoms with Crippen LogP contribution in [0.25, 0.3) is 0 Å². The Morgan fingerprint density at radius 2 is 1.91 bits per heavy atom. The second-order valence-electron chi connectivity index (χ2n) is 2.32. The maximum atomic E-state index is 3.74. The lowest BCUT2D eigenvalue weighted by atomic mass is 10.1. The Kier molecular flexibility index (Phi) is 5.18. The summed E-state index contributed by atoms with van der Waals surface area (Å²) in [6, 6.07) is 0. The molecule has 11 heavy (non-hydrogen) atoms. The molecule has 0 radical (unpaired) electrons. The topological polar surface area (TPSA) is 0 Å². The van der Waals surface area contributed by atoms with E-state index in [0.717, 1.165) is 0 Å². The Bertz CT molecular complexity index is 202. The van der Waals surface area contributed by atoms with Crippen LogP contribution in [0.4, 0.5) is 0 Å². The lowest BCUT2D eigenvalue weighted by Crippen LogP contribution is -1.77. The second-order valence-corrected chi connectivity index (χ2v) is 2.32. The first kappa shape index (κ1) is 9.96. The molecule has 0 spiro atoms. The molecule has 0 aromatic carbocycles. The summed E-state index contributed by atoms with van der Waals surface area (Å²) in [6.45, 7) is 9.85. The van der Waals surface area contributed by atoms with Crippen LogP contribution in [0.5, 0.6) is 0 Å². The molecule has 0 aliphatic carbocycles.